The first-order valence-corrected chi connectivity index (χ1v) is 7.70. The van der Waals surface area contributed by atoms with Crippen LogP contribution in [0.4, 0.5) is 0 Å². The highest BCUT2D eigenvalue weighted by Gasteiger charge is 2.06. The van der Waals surface area contributed by atoms with Gasteiger partial charge in [0.1, 0.15) is 0 Å². The van der Waals surface area contributed by atoms with Gasteiger partial charge in [0.2, 0.25) is 5.91 Å². The third-order valence-corrected chi connectivity index (χ3v) is 3.86. The monoisotopic (exact) mass is 265 g/mol. The van der Waals surface area contributed by atoms with Crippen molar-refractivity contribution in [3.8, 4) is 0 Å². The smallest absolute Gasteiger partial charge is 0.230 e. The van der Waals surface area contributed by atoms with E-state index in [0.717, 1.165) is 18.6 Å². The van der Waals surface area contributed by atoms with Crippen molar-refractivity contribution in [3.05, 3.63) is 35.4 Å². The molecular weight excluding hydrogens is 242 g/mol. The second-order valence-electron chi connectivity index (χ2n) is 4.68. The minimum absolute atomic E-state index is 0.148. The maximum Gasteiger partial charge on any atom is 0.230 e. The third-order valence-electron chi connectivity index (χ3n) is 2.88. The van der Waals surface area contributed by atoms with Crippen molar-refractivity contribution in [2.75, 3.05) is 5.75 Å². The molecule has 2 nitrogen and oxygen atoms in total. The lowest BCUT2D eigenvalue weighted by Gasteiger charge is -2.12. The van der Waals surface area contributed by atoms with Gasteiger partial charge in [-0.2, -0.15) is 0 Å². The summed E-state index contributed by atoms with van der Waals surface area (Å²) in [5, 5.41) is 3.02. The van der Waals surface area contributed by atoms with Crippen LogP contribution in [0.1, 0.15) is 37.8 Å². The van der Waals surface area contributed by atoms with Crippen molar-refractivity contribution in [2.24, 2.45) is 0 Å². The summed E-state index contributed by atoms with van der Waals surface area (Å²) in [7, 11) is 0. The molecule has 3 heteroatoms. The molecule has 0 spiro atoms. The first kappa shape index (κ1) is 15.1. The summed E-state index contributed by atoms with van der Waals surface area (Å²) in [5.41, 5.74) is 2.61. The molecule has 0 fully saturated rings. The summed E-state index contributed by atoms with van der Waals surface area (Å²) in [6.07, 6.45) is 2.16. The van der Waals surface area contributed by atoms with E-state index in [1.165, 1.54) is 11.1 Å². The van der Waals surface area contributed by atoms with E-state index in [-0.39, 0.29) is 5.91 Å². The molecule has 1 aromatic carbocycles. The van der Waals surface area contributed by atoms with E-state index in [1.807, 2.05) is 12.1 Å². The highest BCUT2D eigenvalue weighted by Crippen LogP contribution is 2.15. The SMILES string of the molecule is CCC[C@@H](C)NC(=O)CSCc1ccccc1C. The van der Waals surface area contributed by atoms with Crippen LogP contribution in [-0.2, 0) is 10.5 Å². The zero-order valence-electron chi connectivity index (χ0n) is 11.5. The molecule has 0 aliphatic heterocycles. The normalized spacial score (nSPS) is 12.2. The third kappa shape index (κ3) is 5.58. The Labute approximate surface area is 115 Å². The molecule has 0 aromatic heterocycles. The molecule has 0 aliphatic carbocycles. The first-order chi connectivity index (χ1) is 8.63. The number of hydrogen-bond donors (Lipinski definition) is 1. The predicted molar refractivity (Wildman–Crippen MR) is 79.9 cm³/mol. The molecule has 0 unspecified atom stereocenters. The van der Waals surface area contributed by atoms with Crippen LogP contribution >= 0.6 is 11.8 Å². The Morgan fingerprint density at radius 2 is 2.11 bits per heavy atom. The molecule has 1 amide bonds. The Balaban J connectivity index is 2.25. The van der Waals surface area contributed by atoms with Crippen LogP contribution in [0, 0.1) is 6.92 Å². The Hall–Kier alpha value is -0.960. The largest absolute Gasteiger partial charge is 0.353 e. The van der Waals surface area contributed by atoms with Crippen molar-refractivity contribution in [1.29, 1.82) is 0 Å². The minimum atomic E-state index is 0.148. The van der Waals surface area contributed by atoms with E-state index in [4.69, 9.17) is 0 Å². The molecule has 0 heterocycles. The van der Waals surface area contributed by atoms with Gasteiger partial charge in [0.05, 0.1) is 5.75 Å². The van der Waals surface area contributed by atoms with Crippen LogP contribution in [0.5, 0.6) is 0 Å². The number of rotatable bonds is 7. The topological polar surface area (TPSA) is 29.1 Å². The number of benzene rings is 1. The van der Waals surface area contributed by atoms with Crippen molar-refractivity contribution < 1.29 is 4.79 Å². The molecule has 0 saturated carbocycles. The molecule has 100 valence electrons. The molecule has 1 N–H and O–H groups in total. The standard InChI is InChI=1S/C15H23NOS/c1-4-7-13(3)16-15(17)11-18-10-14-9-6-5-8-12(14)2/h5-6,8-9,13H,4,7,10-11H2,1-3H3,(H,16,17)/t13-/m1/s1. The van der Waals surface area contributed by atoms with Gasteiger partial charge in [0.15, 0.2) is 0 Å². The summed E-state index contributed by atoms with van der Waals surface area (Å²) in [6, 6.07) is 8.62. The molecule has 1 atom stereocenters. The molecule has 0 bridgehead atoms. The summed E-state index contributed by atoms with van der Waals surface area (Å²) in [4.78, 5) is 11.7. The Morgan fingerprint density at radius 1 is 1.39 bits per heavy atom. The summed E-state index contributed by atoms with van der Waals surface area (Å²) in [5.74, 6) is 1.60. The quantitative estimate of drug-likeness (QED) is 0.817. The van der Waals surface area contributed by atoms with Gasteiger partial charge < -0.3 is 5.32 Å². The van der Waals surface area contributed by atoms with Crippen molar-refractivity contribution in [2.45, 2.75) is 45.4 Å². The van der Waals surface area contributed by atoms with Crippen molar-refractivity contribution in [1.82, 2.24) is 5.32 Å². The van der Waals surface area contributed by atoms with Gasteiger partial charge >= 0.3 is 0 Å². The molecular formula is C15H23NOS. The Bertz CT molecular complexity index is 379. The van der Waals surface area contributed by atoms with Crippen LogP contribution in [0.15, 0.2) is 24.3 Å². The number of amides is 1. The number of carbonyl (C=O) groups is 1. The fraction of sp³-hybridized carbons (Fsp3) is 0.533. The average molecular weight is 265 g/mol. The summed E-state index contributed by atoms with van der Waals surface area (Å²) in [6.45, 7) is 6.31. The molecule has 1 aromatic rings. The van der Waals surface area contributed by atoms with Gasteiger partial charge in [-0.25, -0.2) is 0 Å². The van der Waals surface area contributed by atoms with Gasteiger partial charge in [-0.05, 0) is 31.4 Å². The van der Waals surface area contributed by atoms with Crippen LogP contribution in [0.25, 0.3) is 0 Å². The lowest BCUT2D eigenvalue weighted by Crippen LogP contribution is -2.33. The van der Waals surface area contributed by atoms with Crippen LogP contribution in [0.2, 0.25) is 0 Å². The lowest BCUT2D eigenvalue weighted by molar-refractivity contribution is -0.119. The number of hydrogen-bond acceptors (Lipinski definition) is 2. The maximum absolute atomic E-state index is 11.7. The highest BCUT2D eigenvalue weighted by molar-refractivity contribution is 7.99. The molecule has 0 radical (unpaired) electrons. The van der Waals surface area contributed by atoms with E-state index in [9.17, 15) is 4.79 Å². The van der Waals surface area contributed by atoms with Gasteiger partial charge in [-0.1, -0.05) is 37.6 Å². The van der Waals surface area contributed by atoms with E-state index < -0.39 is 0 Å². The van der Waals surface area contributed by atoms with Gasteiger partial charge in [-0.3, -0.25) is 4.79 Å². The number of aryl methyl sites for hydroxylation is 1. The van der Waals surface area contributed by atoms with E-state index in [2.05, 4.69) is 38.2 Å². The summed E-state index contributed by atoms with van der Waals surface area (Å²) < 4.78 is 0. The molecule has 0 aliphatic rings. The Kier molecular flexibility index (Phi) is 6.88. The van der Waals surface area contributed by atoms with Crippen LogP contribution in [-0.4, -0.2) is 17.7 Å². The number of nitrogens with one attached hydrogen (secondary N) is 1. The lowest BCUT2D eigenvalue weighted by atomic mass is 10.1. The second-order valence-corrected chi connectivity index (χ2v) is 5.66. The van der Waals surface area contributed by atoms with E-state index >= 15 is 0 Å². The molecule has 1 rings (SSSR count). The van der Waals surface area contributed by atoms with Gasteiger partial charge in [-0.15, -0.1) is 11.8 Å². The molecule has 0 saturated heterocycles. The fourth-order valence-corrected chi connectivity index (χ4v) is 2.76. The zero-order chi connectivity index (χ0) is 13.4. The second kappa shape index (κ2) is 8.20. The van der Waals surface area contributed by atoms with E-state index in [0.29, 0.717) is 11.8 Å². The van der Waals surface area contributed by atoms with E-state index in [1.54, 1.807) is 11.8 Å². The maximum atomic E-state index is 11.7. The van der Waals surface area contributed by atoms with Gasteiger partial charge in [0.25, 0.3) is 0 Å². The Morgan fingerprint density at radius 3 is 2.78 bits per heavy atom. The first-order valence-electron chi connectivity index (χ1n) is 6.55. The predicted octanol–water partition coefficient (Wildman–Crippen LogP) is 3.53. The zero-order valence-corrected chi connectivity index (χ0v) is 12.3. The minimum Gasteiger partial charge on any atom is -0.353 e. The van der Waals surface area contributed by atoms with Crippen LogP contribution < -0.4 is 5.32 Å². The molecule has 18 heavy (non-hydrogen) atoms. The van der Waals surface area contributed by atoms with Crippen molar-refractivity contribution >= 4 is 17.7 Å². The highest BCUT2D eigenvalue weighted by atomic mass is 32.2. The number of carbonyl (C=O) groups excluding carboxylic acids is 1. The summed E-state index contributed by atoms with van der Waals surface area (Å²) >= 11 is 1.68. The average Bonchev–Trinajstić information content (AvgIpc) is 2.31. The van der Waals surface area contributed by atoms with Gasteiger partial charge in [0, 0.05) is 11.8 Å². The van der Waals surface area contributed by atoms with Crippen molar-refractivity contribution in [3.63, 3.8) is 0 Å². The van der Waals surface area contributed by atoms with Crippen LogP contribution in [0.3, 0.4) is 0 Å². The fourth-order valence-electron chi connectivity index (χ4n) is 1.85. The number of thioether (sulfide) groups is 1.